The first-order chi connectivity index (χ1) is 10.7. The van der Waals surface area contributed by atoms with E-state index in [-0.39, 0.29) is 6.04 Å². The first-order valence-electron chi connectivity index (χ1n) is 8.74. The minimum Gasteiger partial charge on any atom is -0.341 e. The Labute approximate surface area is 135 Å². The number of hydrogen-bond acceptors (Lipinski definition) is 2. The normalized spacial score (nSPS) is 18.6. The lowest BCUT2D eigenvalue weighted by molar-refractivity contribution is -0.136. The van der Waals surface area contributed by atoms with E-state index in [1.165, 1.54) is 11.1 Å². The Morgan fingerprint density at radius 1 is 1.27 bits per heavy atom. The van der Waals surface area contributed by atoms with Gasteiger partial charge in [0, 0.05) is 19.6 Å². The molecule has 122 valence electrons. The van der Waals surface area contributed by atoms with Crippen molar-refractivity contribution in [3.05, 3.63) is 35.4 Å². The topological polar surface area (TPSA) is 23.6 Å². The van der Waals surface area contributed by atoms with Crippen LogP contribution in [0.4, 0.5) is 0 Å². The van der Waals surface area contributed by atoms with E-state index in [0.717, 1.165) is 51.9 Å². The molecule has 2 rings (SSSR count). The Hall–Kier alpha value is -1.35. The summed E-state index contributed by atoms with van der Waals surface area (Å²) in [7, 11) is 0. The second-order valence-electron chi connectivity index (χ2n) is 6.44. The molecular formula is C19H30N2O. The van der Waals surface area contributed by atoms with Crippen molar-refractivity contribution in [2.24, 2.45) is 0 Å². The summed E-state index contributed by atoms with van der Waals surface area (Å²) in [5, 5.41) is 0. The first kappa shape index (κ1) is 17.0. The van der Waals surface area contributed by atoms with Gasteiger partial charge in [-0.3, -0.25) is 9.69 Å². The summed E-state index contributed by atoms with van der Waals surface area (Å²) < 4.78 is 0. The van der Waals surface area contributed by atoms with Crippen LogP contribution >= 0.6 is 0 Å². The maximum atomic E-state index is 12.9. The second kappa shape index (κ2) is 8.33. The third kappa shape index (κ3) is 4.33. The van der Waals surface area contributed by atoms with Gasteiger partial charge in [-0.25, -0.2) is 0 Å². The van der Waals surface area contributed by atoms with Crippen LogP contribution in [0.15, 0.2) is 24.3 Å². The van der Waals surface area contributed by atoms with Gasteiger partial charge in [-0.05, 0) is 44.7 Å². The quantitative estimate of drug-likeness (QED) is 0.768. The number of rotatable bonds is 7. The standard InChI is InChI=1S/C19H30N2O/c1-4-11-20(12-5-2)19(22)18-10-7-13-21(18)15-17-9-6-8-16(3)14-17/h6,8-9,14,18H,4-5,7,10-13,15H2,1-3H3. The van der Waals surface area contributed by atoms with Crippen LogP contribution in [0.2, 0.25) is 0 Å². The Morgan fingerprint density at radius 3 is 2.64 bits per heavy atom. The number of amides is 1. The van der Waals surface area contributed by atoms with E-state index >= 15 is 0 Å². The molecule has 0 aliphatic carbocycles. The van der Waals surface area contributed by atoms with E-state index < -0.39 is 0 Å². The number of benzene rings is 1. The minimum atomic E-state index is 0.0820. The molecule has 1 aromatic carbocycles. The van der Waals surface area contributed by atoms with Gasteiger partial charge in [-0.15, -0.1) is 0 Å². The average molecular weight is 302 g/mol. The van der Waals surface area contributed by atoms with Crippen LogP contribution in [0.5, 0.6) is 0 Å². The average Bonchev–Trinajstić information content (AvgIpc) is 2.94. The molecule has 3 nitrogen and oxygen atoms in total. The number of carbonyl (C=O) groups excluding carboxylic acids is 1. The van der Waals surface area contributed by atoms with Crippen LogP contribution in [0, 0.1) is 6.92 Å². The van der Waals surface area contributed by atoms with Crippen LogP contribution in [0.3, 0.4) is 0 Å². The number of likely N-dealkylation sites (tertiary alicyclic amines) is 1. The molecule has 1 saturated heterocycles. The van der Waals surface area contributed by atoms with Gasteiger partial charge < -0.3 is 4.90 Å². The van der Waals surface area contributed by atoms with Gasteiger partial charge in [0.2, 0.25) is 5.91 Å². The molecule has 1 heterocycles. The Kier molecular flexibility index (Phi) is 6.44. The van der Waals surface area contributed by atoms with Crippen LogP contribution in [0.1, 0.15) is 50.7 Å². The fourth-order valence-corrected chi connectivity index (χ4v) is 3.42. The minimum absolute atomic E-state index is 0.0820. The highest BCUT2D eigenvalue weighted by Gasteiger charge is 2.33. The summed E-state index contributed by atoms with van der Waals surface area (Å²) in [6, 6.07) is 8.72. The molecule has 1 aromatic rings. The summed E-state index contributed by atoms with van der Waals surface area (Å²) in [6.45, 7) is 10.1. The molecule has 1 aliphatic heterocycles. The number of nitrogens with zero attached hydrogens (tertiary/aromatic N) is 2. The fourth-order valence-electron chi connectivity index (χ4n) is 3.42. The van der Waals surface area contributed by atoms with Gasteiger partial charge in [-0.1, -0.05) is 43.7 Å². The highest BCUT2D eigenvalue weighted by atomic mass is 16.2. The van der Waals surface area contributed by atoms with Crippen molar-refractivity contribution in [3.63, 3.8) is 0 Å². The molecule has 1 fully saturated rings. The zero-order chi connectivity index (χ0) is 15.9. The molecule has 0 bridgehead atoms. The number of carbonyl (C=O) groups is 1. The van der Waals surface area contributed by atoms with Crippen LogP contribution in [-0.2, 0) is 11.3 Å². The lowest BCUT2D eigenvalue weighted by Crippen LogP contribution is -2.46. The predicted octanol–water partition coefficient (Wildman–Crippen LogP) is 3.61. The van der Waals surface area contributed by atoms with Crippen molar-refractivity contribution in [1.29, 1.82) is 0 Å². The molecule has 22 heavy (non-hydrogen) atoms. The van der Waals surface area contributed by atoms with Crippen molar-refractivity contribution in [2.45, 2.75) is 59.0 Å². The zero-order valence-corrected chi connectivity index (χ0v) is 14.3. The van der Waals surface area contributed by atoms with Crippen molar-refractivity contribution >= 4 is 5.91 Å². The highest BCUT2D eigenvalue weighted by molar-refractivity contribution is 5.82. The van der Waals surface area contributed by atoms with Crippen molar-refractivity contribution < 1.29 is 4.79 Å². The van der Waals surface area contributed by atoms with Crippen molar-refractivity contribution in [2.75, 3.05) is 19.6 Å². The molecular weight excluding hydrogens is 272 g/mol. The molecule has 0 spiro atoms. The lowest BCUT2D eigenvalue weighted by atomic mass is 10.1. The SMILES string of the molecule is CCCN(CCC)C(=O)C1CCCN1Cc1cccc(C)c1. The van der Waals surface area contributed by atoms with E-state index in [4.69, 9.17) is 0 Å². The van der Waals surface area contributed by atoms with Crippen LogP contribution in [0.25, 0.3) is 0 Å². The summed E-state index contributed by atoms with van der Waals surface area (Å²) in [4.78, 5) is 17.3. The van der Waals surface area contributed by atoms with E-state index in [9.17, 15) is 4.79 Å². The molecule has 0 saturated carbocycles. The summed E-state index contributed by atoms with van der Waals surface area (Å²) in [5.74, 6) is 0.342. The smallest absolute Gasteiger partial charge is 0.239 e. The second-order valence-corrected chi connectivity index (χ2v) is 6.44. The lowest BCUT2D eigenvalue weighted by Gasteiger charge is -2.30. The predicted molar refractivity (Wildman–Crippen MR) is 91.8 cm³/mol. The van der Waals surface area contributed by atoms with E-state index in [0.29, 0.717) is 5.91 Å². The number of aryl methyl sites for hydroxylation is 1. The van der Waals surface area contributed by atoms with Crippen LogP contribution < -0.4 is 0 Å². The van der Waals surface area contributed by atoms with Gasteiger partial charge in [-0.2, -0.15) is 0 Å². The van der Waals surface area contributed by atoms with Gasteiger partial charge >= 0.3 is 0 Å². The molecule has 0 N–H and O–H groups in total. The molecule has 3 heteroatoms. The van der Waals surface area contributed by atoms with Crippen molar-refractivity contribution in [1.82, 2.24) is 9.80 Å². The van der Waals surface area contributed by atoms with Crippen molar-refractivity contribution in [3.8, 4) is 0 Å². The first-order valence-corrected chi connectivity index (χ1v) is 8.74. The maximum Gasteiger partial charge on any atom is 0.239 e. The fraction of sp³-hybridized carbons (Fsp3) is 0.632. The Morgan fingerprint density at radius 2 is 2.00 bits per heavy atom. The van der Waals surface area contributed by atoms with Gasteiger partial charge in [0.1, 0.15) is 0 Å². The van der Waals surface area contributed by atoms with Gasteiger partial charge in [0.15, 0.2) is 0 Å². The summed E-state index contributed by atoms with van der Waals surface area (Å²) >= 11 is 0. The third-order valence-corrected chi connectivity index (χ3v) is 4.42. The van der Waals surface area contributed by atoms with Gasteiger partial charge in [0.25, 0.3) is 0 Å². The van der Waals surface area contributed by atoms with Crippen LogP contribution in [-0.4, -0.2) is 41.4 Å². The summed E-state index contributed by atoms with van der Waals surface area (Å²) in [5.41, 5.74) is 2.61. The van der Waals surface area contributed by atoms with Gasteiger partial charge in [0.05, 0.1) is 6.04 Å². The Balaban J connectivity index is 2.04. The zero-order valence-electron chi connectivity index (χ0n) is 14.3. The Bertz CT molecular complexity index is 480. The number of hydrogen-bond donors (Lipinski definition) is 0. The summed E-state index contributed by atoms with van der Waals surface area (Å²) in [6.07, 6.45) is 4.22. The van der Waals surface area contributed by atoms with E-state index in [1.807, 2.05) is 0 Å². The molecule has 1 aliphatic rings. The van der Waals surface area contributed by atoms with E-state index in [2.05, 4.69) is 54.8 Å². The monoisotopic (exact) mass is 302 g/mol. The highest BCUT2D eigenvalue weighted by Crippen LogP contribution is 2.22. The molecule has 0 aromatic heterocycles. The molecule has 1 unspecified atom stereocenters. The third-order valence-electron chi connectivity index (χ3n) is 4.42. The maximum absolute atomic E-state index is 12.9. The largest absolute Gasteiger partial charge is 0.341 e. The molecule has 1 atom stereocenters. The molecule has 0 radical (unpaired) electrons. The van der Waals surface area contributed by atoms with E-state index in [1.54, 1.807) is 0 Å². The molecule has 1 amide bonds.